The van der Waals surface area contributed by atoms with Gasteiger partial charge in [0.25, 0.3) is 5.91 Å². The number of carbonyl (C=O) groups excluding carboxylic acids is 1. The van der Waals surface area contributed by atoms with Crippen molar-refractivity contribution in [3.8, 4) is 11.5 Å². The van der Waals surface area contributed by atoms with Crippen molar-refractivity contribution < 1.29 is 22.7 Å². The molecule has 3 rings (SSSR count). The van der Waals surface area contributed by atoms with Crippen molar-refractivity contribution >= 4 is 21.6 Å². The van der Waals surface area contributed by atoms with E-state index in [0.717, 1.165) is 17.5 Å². The standard InChI is InChI=1S/C22H28N2O5S/c1-16-10-11-17(14-19(16)24-12-5-6-13-30(24,26)27)22(25)23(2)15-18-20(28-3)8-7-9-21(18)29-4/h7-11,14H,5-6,12-13,15H2,1-4H3. The van der Waals surface area contributed by atoms with Crippen LogP contribution in [0.2, 0.25) is 0 Å². The van der Waals surface area contributed by atoms with Gasteiger partial charge in [0.15, 0.2) is 0 Å². The molecule has 0 saturated carbocycles. The number of amides is 1. The van der Waals surface area contributed by atoms with Crippen LogP contribution in [-0.4, -0.2) is 52.8 Å². The molecule has 7 nitrogen and oxygen atoms in total. The number of ether oxygens (including phenoxy) is 2. The first-order valence-corrected chi connectivity index (χ1v) is 11.5. The molecule has 0 unspecified atom stereocenters. The molecule has 1 amide bonds. The van der Waals surface area contributed by atoms with Crippen molar-refractivity contribution in [1.29, 1.82) is 0 Å². The smallest absolute Gasteiger partial charge is 0.253 e. The molecule has 1 heterocycles. The monoisotopic (exact) mass is 432 g/mol. The summed E-state index contributed by atoms with van der Waals surface area (Å²) in [6.45, 7) is 2.59. The maximum Gasteiger partial charge on any atom is 0.253 e. The van der Waals surface area contributed by atoms with Gasteiger partial charge in [0, 0.05) is 19.2 Å². The minimum atomic E-state index is -3.35. The van der Waals surface area contributed by atoms with Crippen LogP contribution in [0.5, 0.6) is 11.5 Å². The van der Waals surface area contributed by atoms with E-state index in [2.05, 4.69) is 0 Å². The van der Waals surface area contributed by atoms with Gasteiger partial charge in [-0.05, 0) is 49.6 Å². The van der Waals surface area contributed by atoms with E-state index in [-0.39, 0.29) is 18.2 Å². The first-order valence-electron chi connectivity index (χ1n) is 9.85. The highest BCUT2D eigenvalue weighted by Crippen LogP contribution is 2.31. The Morgan fingerprint density at radius 1 is 1.10 bits per heavy atom. The van der Waals surface area contributed by atoms with Gasteiger partial charge in [-0.25, -0.2) is 8.42 Å². The van der Waals surface area contributed by atoms with Gasteiger partial charge in [-0.2, -0.15) is 0 Å². The summed E-state index contributed by atoms with van der Waals surface area (Å²) in [5, 5.41) is 0. The Balaban J connectivity index is 1.89. The number of carbonyl (C=O) groups is 1. The summed E-state index contributed by atoms with van der Waals surface area (Å²) in [5.74, 6) is 1.20. The molecule has 162 valence electrons. The molecule has 0 atom stereocenters. The summed E-state index contributed by atoms with van der Waals surface area (Å²) in [4.78, 5) is 14.7. The highest BCUT2D eigenvalue weighted by molar-refractivity contribution is 7.92. The molecule has 2 aromatic carbocycles. The molecular formula is C22H28N2O5S. The fourth-order valence-electron chi connectivity index (χ4n) is 3.68. The SMILES string of the molecule is COc1cccc(OC)c1CN(C)C(=O)c1ccc(C)c(N2CCCCS2(=O)=O)c1. The van der Waals surface area contributed by atoms with E-state index < -0.39 is 10.0 Å². The van der Waals surface area contributed by atoms with Crippen LogP contribution in [0.3, 0.4) is 0 Å². The first kappa shape index (κ1) is 22.0. The maximum atomic E-state index is 13.1. The number of rotatable bonds is 6. The van der Waals surface area contributed by atoms with Gasteiger partial charge in [-0.1, -0.05) is 12.1 Å². The Hall–Kier alpha value is -2.74. The van der Waals surface area contributed by atoms with Crippen LogP contribution in [0.1, 0.15) is 34.3 Å². The van der Waals surface area contributed by atoms with Crippen molar-refractivity contribution in [3.05, 3.63) is 53.1 Å². The van der Waals surface area contributed by atoms with E-state index in [4.69, 9.17) is 9.47 Å². The van der Waals surface area contributed by atoms with Gasteiger partial charge < -0.3 is 14.4 Å². The van der Waals surface area contributed by atoms with Crippen LogP contribution in [0.15, 0.2) is 36.4 Å². The fraction of sp³-hybridized carbons (Fsp3) is 0.409. The third kappa shape index (κ3) is 4.38. The van der Waals surface area contributed by atoms with Crippen molar-refractivity contribution in [2.45, 2.75) is 26.3 Å². The minimum Gasteiger partial charge on any atom is -0.496 e. The molecule has 2 aromatic rings. The van der Waals surface area contributed by atoms with Crippen molar-refractivity contribution in [2.24, 2.45) is 0 Å². The molecule has 1 saturated heterocycles. The van der Waals surface area contributed by atoms with E-state index in [0.29, 0.717) is 35.7 Å². The van der Waals surface area contributed by atoms with Crippen molar-refractivity contribution in [1.82, 2.24) is 4.90 Å². The molecule has 0 bridgehead atoms. The van der Waals surface area contributed by atoms with Gasteiger partial charge in [-0.3, -0.25) is 9.10 Å². The average Bonchev–Trinajstić information content (AvgIpc) is 2.73. The second-order valence-electron chi connectivity index (χ2n) is 7.40. The molecule has 0 aliphatic carbocycles. The molecule has 1 fully saturated rings. The van der Waals surface area contributed by atoms with Gasteiger partial charge in [0.1, 0.15) is 11.5 Å². The van der Waals surface area contributed by atoms with Gasteiger partial charge in [0.2, 0.25) is 10.0 Å². The summed E-state index contributed by atoms with van der Waals surface area (Å²) >= 11 is 0. The molecule has 1 aliphatic heterocycles. The van der Waals surface area contributed by atoms with E-state index in [1.54, 1.807) is 44.4 Å². The number of hydrogen-bond acceptors (Lipinski definition) is 5. The second kappa shape index (κ2) is 8.95. The largest absolute Gasteiger partial charge is 0.496 e. The number of benzene rings is 2. The molecule has 1 aliphatic rings. The fourth-order valence-corrected chi connectivity index (χ4v) is 5.38. The van der Waals surface area contributed by atoms with Gasteiger partial charge in [-0.15, -0.1) is 0 Å². The zero-order chi connectivity index (χ0) is 21.9. The van der Waals surface area contributed by atoms with Crippen LogP contribution in [0, 0.1) is 6.92 Å². The molecule has 0 N–H and O–H groups in total. The molecule has 30 heavy (non-hydrogen) atoms. The van der Waals surface area contributed by atoms with E-state index in [1.807, 2.05) is 25.1 Å². The summed E-state index contributed by atoms with van der Waals surface area (Å²) in [6.07, 6.45) is 1.48. The maximum absolute atomic E-state index is 13.1. The molecular weight excluding hydrogens is 404 g/mol. The first-order chi connectivity index (χ1) is 14.3. The van der Waals surface area contributed by atoms with Crippen LogP contribution in [0.25, 0.3) is 0 Å². The number of sulfonamides is 1. The Bertz CT molecular complexity index is 1010. The average molecular weight is 433 g/mol. The number of nitrogens with zero attached hydrogens (tertiary/aromatic N) is 2. The van der Waals surface area contributed by atoms with Crippen LogP contribution in [-0.2, 0) is 16.6 Å². The third-order valence-corrected chi connectivity index (χ3v) is 7.20. The number of anilines is 1. The lowest BCUT2D eigenvalue weighted by molar-refractivity contribution is 0.0783. The van der Waals surface area contributed by atoms with Gasteiger partial charge >= 0.3 is 0 Å². The highest BCUT2D eigenvalue weighted by atomic mass is 32.2. The topological polar surface area (TPSA) is 76.2 Å². The van der Waals surface area contributed by atoms with Crippen molar-refractivity contribution in [3.63, 3.8) is 0 Å². The van der Waals surface area contributed by atoms with Crippen LogP contribution < -0.4 is 13.8 Å². The predicted octanol–water partition coefficient (Wildman–Crippen LogP) is 3.21. The summed E-state index contributed by atoms with van der Waals surface area (Å²) in [7, 11) is 1.50. The zero-order valence-corrected chi connectivity index (χ0v) is 18.7. The second-order valence-corrected chi connectivity index (χ2v) is 9.41. The lowest BCUT2D eigenvalue weighted by Crippen LogP contribution is -2.38. The molecule has 0 spiro atoms. The molecule has 8 heteroatoms. The number of hydrogen-bond donors (Lipinski definition) is 0. The highest BCUT2D eigenvalue weighted by Gasteiger charge is 2.28. The van der Waals surface area contributed by atoms with E-state index >= 15 is 0 Å². The summed E-state index contributed by atoms with van der Waals surface area (Å²) in [5.41, 5.74) is 2.60. The lowest BCUT2D eigenvalue weighted by atomic mass is 10.1. The number of aryl methyl sites for hydroxylation is 1. The lowest BCUT2D eigenvalue weighted by Gasteiger charge is -2.30. The van der Waals surface area contributed by atoms with E-state index in [9.17, 15) is 13.2 Å². The Kier molecular flexibility index (Phi) is 6.55. The molecule has 0 aromatic heterocycles. The Morgan fingerprint density at radius 3 is 2.37 bits per heavy atom. The normalized spacial score (nSPS) is 15.5. The Labute approximate surface area is 178 Å². The quantitative estimate of drug-likeness (QED) is 0.701. The molecule has 0 radical (unpaired) electrons. The summed E-state index contributed by atoms with van der Waals surface area (Å²) < 4.78 is 37.3. The van der Waals surface area contributed by atoms with E-state index in [1.165, 1.54) is 4.31 Å². The zero-order valence-electron chi connectivity index (χ0n) is 17.8. The third-order valence-electron chi connectivity index (χ3n) is 5.35. The van der Waals surface area contributed by atoms with Gasteiger partial charge in [0.05, 0.1) is 37.8 Å². The van der Waals surface area contributed by atoms with Crippen molar-refractivity contribution in [2.75, 3.05) is 37.9 Å². The predicted molar refractivity (Wildman–Crippen MR) is 117 cm³/mol. The van der Waals surface area contributed by atoms with Crippen LogP contribution in [0.4, 0.5) is 5.69 Å². The minimum absolute atomic E-state index is 0.137. The number of methoxy groups -OCH3 is 2. The summed E-state index contributed by atoms with van der Waals surface area (Å²) in [6, 6.07) is 10.7. The Morgan fingerprint density at radius 2 is 1.77 bits per heavy atom. The van der Waals surface area contributed by atoms with Crippen LogP contribution >= 0.6 is 0 Å².